The van der Waals surface area contributed by atoms with Gasteiger partial charge in [0.1, 0.15) is 0 Å². The molecule has 1 rings (SSSR count). The number of rotatable bonds is 5. The number of carbonyl (C=O) groups excluding carboxylic acids is 2. The van der Waals surface area contributed by atoms with Crippen molar-refractivity contribution in [2.45, 2.75) is 6.92 Å². The Labute approximate surface area is 117 Å². The zero-order chi connectivity index (χ0) is 14.1. The highest BCUT2D eigenvalue weighted by Gasteiger charge is 1.93. The van der Waals surface area contributed by atoms with Crippen LogP contribution in [-0.2, 0) is 14.3 Å². The fourth-order valence-electron chi connectivity index (χ4n) is 1.30. The Morgan fingerprint density at radius 2 is 1.74 bits per heavy atom. The number of hydrogen-bond donors (Lipinski definition) is 0. The van der Waals surface area contributed by atoms with Gasteiger partial charge in [-0.25, -0.2) is 4.79 Å². The van der Waals surface area contributed by atoms with Crippen molar-refractivity contribution < 1.29 is 14.3 Å². The molecule has 0 aliphatic carbocycles. The molecule has 0 radical (unpaired) electrons. The SMILES string of the molecule is COC(=O)/C=C/c1ccc(C=CCSC(C)=O)cc1. The van der Waals surface area contributed by atoms with Crippen LogP contribution < -0.4 is 0 Å². The maximum atomic E-state index is 10.9. The summed E-state index contributed by atoms with van der Waals surface area (Å²) in [5, 5.41) is 0.118. The molecule has 1 aromatic carbocycles. The number of methoxy groups -OCH3 is 1. The van der Waals surface area contributed by atoms with Crippen molar-refractivity contribution in [3.8, 4) is 0 Å². The minimum atomic E-state index is -0.370. The fraction of sp³-hybridized carbons (Fsp3) is 0.200. The number of ether oxygens (including phenoxy) is 1. The van der Waals surface area contributed by atoms with Crippen molar-refractivity contribution in [2.75, 3.05) is 12.9 Å². The zero-order valence-electron chi connectivity index (χ0n) is 11.0. The lowest BCUT2D eigenvalue weighted by Crippen LogP contribution is -1.93. The largest absolute Gasteiger partial charge is 0.466 e. The van der Waals surface area contributed by atoms with Crippen molar-refractivity contribution in [1.82, 2.24) is 0 Å². The third kappa shape index (κ3) is 6.62. The summed E-state index contributed by atoms with van der Waals surface area (Å²) < 4.78 is 4.51. The molecule has 0 saturated heterocycles. The molecule has 0 heterocycles. The van der Waals surface area contributed by atoms with Crippen LogP contribution in [0.4, 0.5) is 0 Å². The first-order chi connectivity index (χ1) is 9.11. The van der Waals surface area contributed by atoms with E-state index in [1.54, 1.807) is 13.0 Å². The molecule has 0 aliphatic heterocycles. The van der Waals surface area contributed by atoms with Crippen molar-refractivity contribution >= 4 is 35.0 Å². The summed E-state index contributed by atoms with van der Waals surface area (Å²) in [5.74, 6) is 0.310. The molecule has 0 bridgehead atoms. The predicted octanol–water partition coefficient (Wildman–Crippen LogP) is 3.17. The van der Waals surface area contributed by atoms with Crippen LogP contribution in [-0.4, -0.2) is 23.9 Å². The Balaban J connectivity index is 2.54. The topological polar surface area (TPSA) is 43.4 Å². The van der Waals surface area contributed by atoms with Crippen LogP contribution in [0.2, 0.25) is 0 Å². The second kappa shape index (κ2) is 8.32. The molecule has 4 heteroatoms. The highest BCUT2D eigenvalue weighted by molar-refractivity contribution is 8.13. The van der Waals surface area contributed by atoms with Crippen LogP contribution in [0.3, 0.4) is 0 Å². The average molecular weight is 276 g/mol. The van der Waals surface area contributed by atoms with Gasteiger partial charge < -0.3 is 4.74 Å². The van der Waals surface area contributed by atoms with Crippen molar-refractivity contribution in [3.63, 3.8) is 0 Å². The van der Waals surface area contributed by atoms with Gasteiger partial charge in [0.25, 0.3) is 0 Å². The van der Waals surface area contributed by atoms with E-state index < -0.39 is 0 Å². The van der Waals surface area contributed by atoms with E-state index in [0.717, 1.165) is 11.1 Å². The van der Waals surface area contributed by atoms with Gasteiger partial charge in [0.2, 0.25) is 0 Å². The first-order valence-electron chi connectivity index (χ1n) is 5.78. The van der Waals surface area contributed by atoms with Crippen LogP contribution in [0.15, 0.2) is 36.4 Å². The Hall–Kier alpha value is -1.81. The summed E-state index contributed by atoms with van der Waals surface area (Å²) in [6.07, 6.45) is 6.99. The molecule has 0 saturated carbocycles. The van der Waals surface area contributed by atoms with Crippen molar-refractivity contribution in [3.05, 3.63) is 47.5 Å². The third-order valence-corrected chi connectivity index (χ3v) is 3.01. The highest BCUT2D eigenvalue weighted by Crippen LogP contribution is 2.09. The van der Waals surface area contributed by atoms with Gasteiger partial charge in [0.15, 0.2) is 5.12 Å². The zero-order valence-corrected chi connectivity index (χ0v) is 11.8. The lowest BCUT2D eigenvalue weighted by atomic mass is 10.1. The van der Waals surface area contributed by atoms with Crippen molar-refractivity contribution in [2.24, 2.45) is 0 Å². The van der Waals surface area contributed by atoms with Crippen LogP contribution >= 0.6 is 11.8 Å². The van der Waals surface area contributed by atoms with E-state index in [-0.39, 0.29) is 11.1 Å². The molecule has 0 aromatic heterocycles. The molecule has 100 valence electrons. The Bertz CT molecular complexity index is 487. The molecule has 0 amide bonds. The molecule has 19 heavy (non-hydrogen) atoms. The number of esters is 1. The van der Waals surface area contributed by atoms with Gasteiger partial charge in [-0.3, -0.25) is 4.79 Å². The smallest absolute Gasteiger partial charge is 0.330 e. The summed E-state index contributed by atoms with van der Waals surface area (Å²) in [6.45, 7) is 1.56. The minimum absolute atomic E-state index is 0.118. The summed E-state index contributed by atoms with van der Waals surface area (Å²) in [6, 6.07) is 7.73. The molecular formula is C15H16O3S. The Kier molecular flexibility index (Phi) is 6.68. The van der Waals surface area contributed by atoms with Crippen LogP contribution in [0, 0.1) is 0 Å². The predicted molar refractivity (Wildman–Crippen MR) is 79.7 cm³/mol. The molecule has 3 nitrogen and oxygen atoms in total. The quantitative estimate of drug-likeness (QED) is 0.612. The van der Waals surface area contributed by atoms with E-state index in [9.17, 15) is 9.59 Å². The average Bonchev–Trinajstić information content (AvgIpc) is 2.42. The van der Waals surface area contributed by atoms with Crippen LogP contribution in [0.5, 0.6) is 0 Å². The second-order valence-corrected chi connectivity index (χ2v) is 4.93. The lowest BCUT2D eigenvalue weighted by Gasteiger charge is -1.96. The first kappa shape index (κ1) is 15.2. The standard InChI is InChI=1S/C15H16O3S/c1-12(16)19-11-3-4-13-5-7-14(8-6-13)9-10-15(17)18-2/h3-10H,11H2,1-2H3/b4-3?,10-9+. The van der Waals surface area contributed by atoms with E-state index in [1.165, 1.54) is 24.9 Å². The normalized spacial score (nSPS) is 11.1. The Morgan fingerprint density at radius 3 is 2.26 bits per heavy atom. The summed E-state index contributed by atoms with van der Waals surface area (Å²) in [4.78, 5) is 21.7. The molecule has 0 N–H and O–H groups in total. The van der Waals surface area contributed by atoms with Gasteiger partial charge in [-0.05, 0) is 17.2 Å². The first-order valence-corrected chi connectivity index (χ1v) is 6.76. The van der Waals surface area contributed by atoms with E-state index in [1.807, 2.05) is 36.4 Å². The molecule has 0 aliphatic rings. The van der Waals surface area contributed by atoms with Gasteiger partial charge in [-0.15, -0.1) is 0 Å². The Morgan fingerprint density at radius 1 is 1.16 bits per heavy atom. The van der Waals surface area contributed by atoms with E-state index in [4.69, 9.17) is 0 Å². The fourth-order valence-corrected chi connectivity index (χ4v) is 1.73. The van der Waals surface area contributed by atoms with E-state index in [0.29, 0.717) is 5.75 Å². The summed E-state index contributed by atoms with van der Waals surface area (Å²) in [7, 11) is 1.35. The van der Waals surface area contributed by atoms with Crippen LogP contribution in [0.1, 0.15) is 18.1 Å². The lowest BCUT2D eigenvalue weighted by molar-refractivity contribution is -0.134. The summed E-state index contributed by atoms with van der Waals surface area (Å²) in [5.41, 5.74) is 1.99. The minimum Gasteiger partial charge on any atom is -0.466 e. The van der Waals surface area contributed by atoms with Gasteiger partial charge in [-0.1, -0.05) is 48.2 Å². The third-order valence-electron chi connectivity index (χ3n) is 2.24. The molecule has 0 spiro atoms. The second-order valence-electron chi connectivity index (χ2n) is 3.73. The van der Waals surface area contributed by atoms with Gasteiger partial charge >= 0.3 is 5.97 Å². The molecule has 0 unspecified atom stereocenters. The van der Waals surface area contributed by atoms with Gasteiger partial charge in [0, 0.05) is 18.8 Å². The molecule has 0 atom stereocenters. The molecule has 1 aromatic rings. The monoisotopic (exact) mass is 276 g/mol. The molecule has 0 fully saturated rings. The summed E-state index contributed by atoms with van der Waals surface area (Å²) >= 11 is 1.28. The van der Waals surface area contributed by atoms with Crippen molar-refractivity contribution in [1.29, 1.82) is 0 Å². The number of hydrogen-bond acceptors (Lipinski definition) is 4. The van der Waals surface area contributed by atoms with Crippen LogP contribution in [0.25, 0.3) is 12.2 Å². The van der Waals surface area contributed by atoms with E-state index >= 15 is 0 Å². The highest BCUT2D eigenvalue weighted by atomic mass is 32.2. The van der Waals surface area contributed by atoms with Gasteiger partial charge in [0.05, 0.1) is 7.11 Å². The maximum Gasteiger partial charge on any atom is 0.330 e. The maximum absolute atomic E-state index is 10.9. The number of benzene rings is 1. The number of carbonyl (C=O) groups is 2. The number of thioether (sulfide) groups is 1. The van der Waals surface area contributed by atoms with Gasteiger partial charge in [-0.2, -0.15) is 0 Å². The van der Waals surface area contributed by atoms with E-state index in [2.05, 4.69) is 4.74 Å². The molecular weight excluding hydrogens is 260 g/mol.